The molecule has 4 heterocycles. The van der Waals surface area contributed by atoms with Crippen molar-refractivity contribution >= 4 is 17.0 Å². The van der Waals surface area contributed by atoms with E-state index in [0.717, 1.165) is 37.9 Å². The third-order valence-electron chi connectivity index (χ3n) is 5.75. The number of aromatic nitrogens is 6. The van der Waals surface area contributed by atoms with Gasteiger partial charge < -0.3 is 4.90 Å². The average molecular weight is 381 g/mol. The Morgan fingerprint density at radius 2 is 1.93 bits per heavy atom. The zero-order valence-corrected chi connectivity index (χ0v) is 16.1. The van der Waals surface area contributed by atoms with Gasteiger partial charge in [-0.05, 0) is 31.7 Å². The van der Waals surface area contributed by atoms with Crippen LogP contribution in [0.1, 0.15) is 37.3 Å². The van der Waals surface area contributed by atoms with Crippen molar-refractivity contribution in [1.29, 1.82) is 0 Å². The van der Waals surface area contributed by atoms with E-state index in [4.69, 9.17) is 0 Å². The molecule has 9 nitrogen and oxygen atoms in total. The highest BCUT2D eigenvalue weighted by Crippen LogP contribution is 2.38. The van der Waals surface area contributed by atoms with Gasteiger partial charge in [-0.3, -0.25) is 18.8 Å². The van der Waals surface area contributed by atoms with Crippen molar-refractivity contribution < 1.29 is 0 Å². The molecule has 1 unspecified atom stereocenters. The van der Waals surface area contributed by atoms with Gasteiger partial charge in [-0.15, -0.1) is 0 Å². The summed E-state index contributed by atoms with van der Waals surface area (Å²) in [5.74, 6) is 1.10. The van der Waals surface area contributed by atoms with Crippen molar-refractivity contribution in [2.75, 3.05) is 11.4 Å². The van der Waals surface area contributed by atoms with E-state index < -0.39 is 0 Å². The van der Waals surface area contributed by atoms with Gasteiger partial charge in [0.05, 0.1) is 18.3 Å². The summed E-state index contributed by atoms with van der Waals surface area (Å²) in [6.45, 7) is 1.29. The predicted octanol–water partition coefficient (Wildman–Crippen LogP) is 0.770. The van der Waals surface area contributed by atoms with Crippen LogP contribution in [0.25, 0.3) is 11.0 Å². The summed E-state index contributed by atoms with van der Waals surface area (Å²) in [5, 5.41) is 9.41. The third kappa shape index (κ3) is 2.81. The topological polar surface area (TPSA) is 90.8 Å². The number of hydrogen-bond donors (Lipinski definition) is 0. The lowest BCUT2D eigenvalue weighted by Crippen LogP contribution is -2.40. The first-order chi connectivity index (χ1) is 13.5. The zero-order valence-electron chi connectivity index (χ0n) is 16.1. The van der Waals surface area contributed by atoms with Crippen LogP contribution in [-0.2, 0) is 20.6 Å². The first-order valence-electron chi connectivity index (χ1n) is 9.76. The molecule has 5 rings (SSSR count). The van der Waals surface area contributed by atoms with Gasteiger partial charge in [-0.2, -0.15) is 15.2 Å². The van der Waals surface area contributed by atoms with Gasteiger partial charge in [-0.25, -0.2) is 4.68 Å². The Kier molecular flexibility index (Phi) is 3.85. The van der Waals surface area contributed by atoms with E-state index in [1.807, 2.05) is 6.07 Å². The van der Waals surface area contributed by atoms with Crippen LogP contribution in [0.3, 0.4) is 0 Å². The SMILES string of the molecule is Cn1cc2c(=O)n(C)c(N3CCCC3Cn3nc(C4CC4)ccc3=O)nc2n1. The summed E-state index contributed by atoms with van der Waals surface area (Å²) in [7, 11) is 3.52. The van der Waals surface area contributed by atoms with E-state index in [1.165, 1.54) is 0 Å². The lowest BCUT2D eigenvalue weighted by molar-refractivity contribution is 0.476. The number of rotatable bonds is 4. The largest absolute Gasteiger partial charge is 0.337 e. The van der Waals surface area contributed by atoms with Gasteiger partial charge in [0.25, 0.3) is 11.1 Å². The van der Waals surface area contributed by atoms with Gasteiger partial charge in [0, 0.05) is 38.8 Å². The number of aryl methyl sites for hydroxylation is 1. The molecule has 2 fully saturated rings. The number of fused-ring (bicyclic) bond motifs is 1. The average Bonchev–Trinajstić information content (AvgIpc) is 3.31. The Morgan fingerprint density at radius 3 is 2.71 bits per heavy atom. The fourth-order valence-electron chi connectivity index (χ4n) is 4.09. The minimum absolute atomic E-state index is 0.0684. The molecule has 0 aromatic carbocycles. The molecule has 28 heavy (non-hydrogen) atoms. The summed E-state index contributed by atoms with van der Waals surface area (Å²) < 4.78 is 4.77. The Hall–Kier alpha value is -2.97. The Morgan fingerprint density at radius 1 is 1.11 bits per heavy atom. The second-order valence-corrected chi connectivity index (χ2v) is 7.86. The van der Waals surface area contributed by atoms with Crippen molar-refractivity contribution in [2.45, 2.75) is 44.2 Å². The van der Waals surface area contributed by atoms with E-state index in [1.54, 1.807) is 40.3 Å². The first kappa shape index (κ1) is 17.2. The Bertz CT molecular complexity index is 1170. The molecule has 1 saturated carbocycles. The Labute approximate surface area is 161 Å². The molecule has 0 spiro atoms. The molecule has 1 aliphatic heterocycles. The van der Waals surface area contributed by atoms with Crippen molar-refractivity contribution in [3.8, 4) is 0 Å². The molecule has 9 heteroatoms. The monoisotopic (exact) mass is 381 g/mol. The normalized spacial score (nSPS) is 19.6. The van der Waals surface area contributed by atoms with Crippen LogP contribution < -0.4 is 16.0 Å². The lowest BCUT2D eigenvalue weighted by Gasteiger charge is -2.27. The molecule has 1 saturated heterocycles. The van der Waals surface area contributed by atoms with E-state index in [0.29, 0.717) is 29.4 Å². The molecule has 0 N–H and O–H groups in total. The molecular formula is C19H23N7O2. The maximum Gasteiger partial charge on any atom is 0.266 e. The minimum atomic E-state index is -0.107. The molecule has 2 aliphatic rings. The van der Waals surface area contributed by atoms with Crippen molar-refractivity contribution in [2.24, 2.45) is 14.1 Å². The first-order valence-corrected chi connectivity index (χ1v) is 9.76. The molecular weight excluding hydrogens is 358 g/mol. The van der Waals surface area contributed by atoms with Crippen LogP contribution in [0.15, 0.2) is 27.9 Å². The standard InChI is InChI=1S/C19H23N7O2/c1-23-11-14-17(22-23)20-19(24(2)18(14)28)25-9-3-4-13(25)10-26-16(27)8-7-15(21-26)12-5-6-12/h7-8,11-13H,3-6,9-10H2,1-2H3. The van der Waals surface area contributed by atoms with E-state index in [2.05, 4.69) is 20.1 Å². The van der Waals surface area contributed by atoms with E-state index in [-0.39, 0.29) is 17.2 Å². The van der Waals surface area contributed by atoms with Crippen LogP contribution in [-0.4, -0.2) is 41.7 Å². The van der Waals surface area contributed by atoms with E-state index >= 15 is 0 Å². The molecule has 146 valence electrons. The third-order valence-corrected chi connectivity index (χ3v) is 5.75. The van der Waals surface area contributed by atoms with Crippen LogP contribution >= 0.6 is 0 Å². The molecule has 0 bridgehead atoms. The summed E-state index contributed by atoms with van der Waals surface area (Å²) >= 11 is 0. The highest BCUT2D eigenvalue weighted by molar-refractivity contribution is 5.74. The van der Waals surface area contributed by atoms with Crippen molar-refractivity contribution in [3.63, 3.8) is 0 Å². The highest BCUT2D eigenvalue weighted by Gasteiger charge is 2.30. The molecule has 0 amide bonds. The van der Waals surface area contributed by atoms with Crippen LogP contribution in [0.2, 0.25) is 0 Å². The van der Waals surface area contributed by atoms with Crippen LogP contribution in [0.4, 0.5) is 5.95 Å². The van der Waals surface area contributed by atoms with Gasteiger partial charge >= 0.3 is 0 Å². The molecule has 3 aromatic rings. The molecule has 0 radical (unpaired) electrons. The number of hydrogen-bond acceptors (Lipinski definition) is 6. The summed E-state index contributed by atoms with van der Waals surface area (Å²) in [5.41, 5.74) is 1.27. The van der Waals surface area contributed by atoms with E-state index in [9.17, 15) is 9.59 Å². The smallest absolute Gasteiger partial charge is 0.266 e. The van der Waals surface area contributed by atoms with Gasteiger partial charge in [0.2, 0.25) is 5.95 Å². The Balaban J connectivity index is 1.50. The summed E-state index contributed by atoms with van der Waals surface area (Å²) in [4.78, 5) is 31.9. The molecule has 3 aromatic heterocycles. The predicted molar refractivity (Wildman–Crippen MR) is 105 cm³/mol. The fraction of sp³-hybridized carbons (Fsp3) is 0.526. The van der Waals surface area contributed by atoms with Crippen molar-refractivity contribution in [1.82, 2.24) is 29.1 Å². The fourth-order valence-corrected chi connectivity index (χ4v) is 4.09. The lowest BCUT2D eigenvalue weighted by atomic mass is 10.2. The van der Waals surface area contributed by atoms with Gasteiger partial charge in [0.1, 0.15) is 5.39 Å². The van der Waals surface area contributed by atoms with Crippen LogP contribution in [0, 0.1) is 0 Å². The molecule has 1 atom stereocenters. The summed E-state index contributed by atoms with van der Waals surface area (Å²) in [6, 6.07) is 3.54. The highest BCUT2D eigenvalue weighted by atomic mass is 16.1. The van der Waals surface area contributed by atoms with Crippen molar-refractivity contribution in [3.05, 3.63) is 44.7 Å². The van der Waals surface area contributed by atoms with Crippen LogP contribution in [0.5, 0.6) is 0 Å². The number of anilines is 1. The second-order valence-electron chi connectivity index (χ2n) is 7.86. The summed E-state index contributed by atoms with van der Waals surface area (Å²) in [6.07, 6.45) is 5.91. The van der Waals surface area contributed by atoms with Gasteiger partial charge in [-0.1, -0.05) is 0 Å². The molecule has 1 aliphatic carbocycles. The quantitative estimate of drug-likeness (QED) is 0.663. The maximum absolute atomic E-state index is 12.7. The van der Waals surface area contributed by atoms with Gasteiger partial charge in [0.15, 0.2) is 5.65 Å². The zero-order chi connectivity index (χ0) is 19.4. The maximum atomic E-state index is 12.7. The minimum Gasteiger partial charge on any atom is -0.337 e. The number of nitrogens with zero attached hydrogens (tertiary/aromatic N) is 7. The second kappa shape index (κ2) is 6.29.